The maximum atomic E-state index is 11.0. The van der Waals surface area contributed by atoms with Crippen LogP contribution in [0.25, 0.3) is 6.08 Å². The molecule has 0 saturated carbocycles. The van der Waals surface area contributed by atoms with E-state index in [4.69, 9.17) is 0 Å². The van der Waals surface area contributed by atoms with Crippen molar-refractivity contribution in [1.82, 2.24) is 5.32 Å². The molecule has 0 bridgehead atoms. The molecule has 64 valence electrons. The van der Waals surface area contributed by atoms with Gasteiger partial charge < -0.3 is 5.32 Å². The fourth-order valence-corrected chi connectivity index (χ4v) is 1.11. The van der Waals surface area contributed by atoms with Gasteiger partial charge in [0.15, 0.2) is 0 Å². The van der Waals surface area contributed by atoms with Gasteiger partial charge in [-0.2, -0.15) is 4.99 Å². The predicted molar refractivity (Wildman–Crippen MR) is 51.1 cm³/mol. The average molecular weight is 172 g/mol. The van der Waals surface area contributed by atoms with Crippen molar-refractivity contribution in [3.63, 3.8) is 0 Å². The van der Waals surface area contributed by atoms with Gasteiger partial charge in [0.1, 0.15) is 5.70 Å². The number of hydrogen-bond donors (Lipinski definition) is 1. The molecule has 3 heteroatoms. The number of benzene rings is 1. The molecular formula is C10H8N2O. The van der Waals surface area contributed by atoms with Crippen molar-refractivity contribution in [2.75, 3.05) is 0 Å². The van der Waals surface area contributed by atoms with Gasteiger partial charge in [0.25, 0.3) is 5.91 Å². The Morgan fingerprint density at radius 2 is 2.00 bits per heavy atom. The summed E-state index contributed by atoms with van der Waals surface area (Å²) in [6, 6.07) is 9.64. The van der Waals surface area contributed by atoms with Crippen LogP contribution in [-0.4, -0.2) is 12.2 Å². The van der Waals surface area contributed by atoms with Gasteiger partial charge in [-0.3, -0.25) is 4.79 Å². The summed E-state index contributed by atoms with van der Waals surface area (Å²) in [6.07, 6.45) is 3.17. The first kappa shape index (κ1) is 7.73. The Kier molecular flexibility index (Phi) is 1.92. The van der Waals surface area contributed by atoms with E-state index in [1.807, 2.05) is 30.3 Å². The van der Waals surface area contributed by atoms with Gasteiger partial charge in [0.05, 0.1) is 6.34 Å². The molecule has 0 unspecified atom stereocenters. The van der Waals surface area contributed by atoms with Gasteiger partial charge in [0, 0.05) is 0 Å². The molecule has 1 aromatic rings. The van der Waals surface area contributed by atoms with Crippen LogP contribution in [0.3, 0.4) is 0 Å². The quantitative estimate of drug-likeness (QED) is 0.646. The molecule has 1 aromatic carbocycles. The van der Waals surface area contributed by atoms with Crippen LogP contribution in [0, 0.1) is 0 Å². The van der Waals surface area contributed by atoms with Gasteiger partial charge in [-0.05, 0) is 11.6 Å². The number of rotatable bonds is 1. The second-order valence-corrected chi connectivity index (χ2v) is 2.68. The van der Waals surface area contributed by atoms with E-state index in [1.165, 1.54) is 6.34 Å². The number of nitrogens with zero attached hydrogens (tertiary/aromatic N) is 1. The summed E-state index contributed by atoms with van der Waals surface area (Å²) >= 11 is 0. The van der Waals surface area contributed by atoms with Gasteiger partial charge >= 0.3 is 0 Å². The molecule has 1 amide bonds. The maximum Gasteiger partial charge on any atom is 0.294 e. The van der Waals surface area contributed by atoms with E-state index in [0.29, 0.717) is 5.70 Å². The van der Waals surface area contributed by atoms with Crippen molar-refractivity contribution < 1.29 is 4.79 Å². The van der Waals surface area contributed by atoms with Crippen molar-refractivity contribution in [2.45, 2.75) is 0 Å². The van der Waals surface area contributed by atoms with Crippen molar-refractivity contribution in [2.24, 2.45) is 4.99 Å². The molecule has 3 nitrogen and oxygen atoms in total. The van der Waals surface area contributed by atoms with E-state index in [2.05, 4.69) is 10.3 Å². The minimum absolute atomic E-state index is 0.219. The van der Waals surface area contributed by atoms with E-state index < -0.39 is 0 Å². The molecule has 0 radical (unpaired) electrons. The highest BCUT2D eigenvalue weighted by Crippen LogP contribution is 2.07. The Morgan fingerprint density at radius 3 is 2.62 bits per heavy atom. The van der Waals surface area contributed by atoms with Gasteiger partial charge in [-0.1, -0.05) is 30.3 Å². The Morgan fingerprint density at radius 1 is 1.23 bits per heavy atom. The molecule has 0 aromatic heterocycles. The Labute approximate surface area is 75.8 Å². The van der Waals surface area contributed by atoms with Crippen molar-refractivity contribution in [1.29, 1.82) is 0 Å². The molecular weight excluding hydrogens is 164 g/mol. The third-order valence-corrected chi connectivity index (χ3v) is 1.74. The standard InChI is InChI=1S/C10H8N2O/c13-10-9(11-7-12-10)6-8-4-2-1-3-5-8/h1-7H,(H,11,12,13). The summed E-state index contributed by atoms with van der Waals surface area (Å²) in [6.45, 7) is 0. The maximum absolute atomic E-state index is 11.0. The zero-order chi connectivity index (χ0) is 9.10. The molecule has 0 fully saturated rings. The molecule has 1 heterocycles. The topological polar surface area (TPSA) is 41.5 Å². The molecule has 1 aliphatic rings. The summed E-state index contributed by atoms with van der Waals surface area (Å²) in [5, 5.41) is 2.77. The van der Waals surface area contributed by atoms with Crippen LogP contribution in [0.4, 0.5) is 0 Å². The second-order valence-electron chi connectivity index (χ2n) is 2.68. The van der Waals surface area contributed by atoms with Crippen LogP contribution in [-0.2, 0) is 4.79 Å². The number of aliphatic imine (C=N–C) groups is 1. The highest BCUT2D eigenvalue weighted by atomic mass is 16.1. The lowest BCUT2D eigenvalue weighted by Crippen LogP contribution is -2.07. The number of amides is 1. The first-order valence-electron chi connectivity index (χ1n) is 3.96. The zero-order valence-corrected chi connectivity index (χ0v) is 6.90. The minimum Gasteiger partial charge on any atom is -0.342 e. The monoisotopic (exact) mass is 172 g/mol. The summed E-state index contributed by atoms with van der Waals surface area (Å²) in [5.74, 6) is -0.219. The highest BCUT2D eigenvalue weighted by Gasteiger charge is 2.10. The zero-order valence-electron chi connectivity index (χ0n) is 6.90. The van der Waals surface area contributed by atoms with Crippen molar-refractivity contribution in [3.05, 3.63) is 41.6 Å². The molecule has 0 spiro atoms. The second kappa shape index (κ2) is 3.23. The van der Waals surface area contributed by atoms with E-state index >= 15 is 0 Å². The van der Waals surface area contributed by atoms with E-state index in [0.717, 1.165) is 5.56 Å². The van der Waals surface area contributed by atoms with Gasteiger partial charge in [0.2, 0.25) is 0 Å². The summed E-state index contributed by atoms with van der Waals surface area (Å²) < 4.78 is 0. The average Bonchev–Trinajstić information content (AvgIpc) is 2.54. The lowest BCUT2D eigenvalue weighted by molar-refractivity contribution is -0.114. The van der Waals surface area contributed by atoms with Crippen LogP contribution in [0.1, 0.15) is 5.56 Å². The number of hydrogen-bond acceptors (Lipinski definition) is 2. The number of nitrogens with one attached hydrogen (secondary N) is 1. The Bertz CT molecular complexity index is 379. The molecule has 1 aliphatic heterocycles. The van der Waals surface area contributed by atoms with E-state index in [-0.39, 0.29) is 5.91 Å². The molecule has 0 aliphatic carbocycles. The van der Waals surface area contributed by atoms with Gasteiger partial charge in [-0.15, -0.1) is 0 Å². The summed E-state index contributed by atoms with van der Waals surface area (Å²) in [7, 11) is 0. The first-order valence-corrected chi connectivity index (χ1v) is 3.96. The number of carbonyl (C=O) groups is 1. The molecule has 2 rings (SSSR count). The molecule has 0 atom stereocenters. The van der Waals surface area contributed by atoms with Crippen molar-refractivity contribution in [3.8, 4) is 0 Å². The van der Waals surface area contributed by atoms with Crippen LogP contribution >= 0.6 is 0 Å². The fourth-order valence-electron chi connectivity index (χ4n) is 1.11. The fraction of sp³-hybridized carbons (Fsp3) is 0. The Hall–Kier alpha value is -1.90. The van der Waals surface area contributed by atoms with Crippen molar-refractivity contribution >= 4 is 18.3 Å². The third kappa shape index (κ3) is 1.64. The van der Waals surface area contributed by atoms with E-state index in [9.17, 15) is 4.79 Å². The SMILES string of the molecule is O=C1N=CNC1=Cc1ccccc1. The molecule has 0 saturated heterocycles. The molecule has 1 N–H and O–H groups in total. The van der Waals surface area contributed by atoms with Crippen LogP contribution in [0.15, 0.2) is 41.0 Å². The summed E-state index contributed by atoms with van der Waals surface area (Å²) in [4.78, 5) is 14.6. The van der Waals surface area contributed by atoms with E-state index in [1.54, 1.807) is 6.08 Å². The normalized spacial score (nSPS) is 17.8. The molecule has 13 heavy (non-hydrogen) atoms. The lowest BCUT2D eigenvalue weighted by atomic mass is 10.2. The number of carbonyl (C=O) groups excluding carboxylic acids is 1. The predicted octanol–water partition coefficient (Wildman–Crippen LogP) is 1.19. The lowest BCUT2D eigenvalue weighted by Gasteiger charge is -1.95. The van der Waals surface area contributed by atoms with Crippen LogP contribution in [0.5, 0.6) is 0 Å². The highest BCUT2D eigenvalue weighted by molar-refractivity contribution is 6.07. The first-order chi connectivity index (χ1) is 6.36. The van der Waals surface area contributed by atoms with Crippen LogP contribution in [0.2, 0.25) is 0 Å². The minimum atomic E-state index is -0.219. The largest absolute Gasteiger partial charge is 0.342 e. The third-order valence-electron chi connectivity index (χ3n) is 1.74. The van der Waals surface area contributed by atoms with Gasteiger partial charge in [-0.25, -0.2) is 0 Å². The summed E-state index contributed by atoms with van der Waals surface area (Å²) in [5.41, 5.74) is 1.51. The Balaban J connectivity index is 2.27. The van der Waals surface area contributed by atoms with Crippen LogP contribution < -0.4 is 5.32 Å². The smallest absolute Gasteiger partial charge is 0.294 e.